The zero-order valence-corrected chi connectivity index (χ0v) is 15.4. The Kier molecular flexibility index (Phi) is 6.14. The minimum atomic E-state index is -5.08. The van der Waals surface area contributed by atoms with Crippen molar-refractivity contribution in [3.05, 3.63) is 59.9 Å². The number of aromatic nitrogens is 5. The lowest BCUT2D eigenvalue weighted by Gasteiger charge is -2.06. The van der Waals surface area contributed by atoms with Crippen LogP contribution in [0.25, 0.3) is 0 Å². The first kappa shape index (κ1) is 21.0. The number of carboxylic acid groups (broad SMARTS) is 1. The van der Waals surface area contributed by atoms with Gasteiger partial charge >= 0.3 is 12.1 Å². The highest BCUT2D eigenvalue weighted by molar-refractivity contribution is 6.03. The number of hydrogen-bond acceptors (Lipinski definition) is 5. The number of anilines is 1. The van der Waals surface area contributed by atoms with Gasteiger partial charge in [-0.15, -0.1) is 0 Å². The highest BCUT2D eigenvalue weighted by atomic mass is 19.4. The lowest BCUT2D eigenvalue weighted by Crippen LogP contribution is -2.21. The summed E-state index contributed by atoms with van der Waals surface area (Å²) in [6.07, 6.45) is 2.52. The molecule has 0 aliphatic heterocycles. The Balaban J connectivity index is 0.000000318. The predicted molar refractivity (Wildman–Crippen MR) is 97.8 cm³/mol. The fourth-order valence-electron chi connectivity index (χ4n) is 2.52. The van der Waals surface area contributed by atoms with E-state index in [9.17, 15) is 18.0 Å². The third-order valence-corrected chi connectivity index (χ3v) is 4.13. The molecule has 3 N–H and O–H groups in total. The number of rotatable bonds is 5. The number of imidazole rings is 1. The number of nitrogens with one attached hydrogen (secondary N) is 2. The zero-order chi connectivity index (χ0) is 21.7. The second-order valence-electron chi connectivity index (χ2n) is 6.52. The smallest absolute Gasteiger partial charge is 0.475 e. The van der Waals surface area contributed by atoms with Crippen LogP contribution >= 0.6 is 0 Å². The Labute approximate surface area is 167 Å². The Morgan fingerprint density at radius 2 is 1.87 bits per heavy atom. The van der Waals surface area contributed by atoms with Gasteiger partial charge in [-0.05, 0) is 30.5 Å². The summed E-state index contributed by atoms with van der Waals surface area (Å²) in [6, 6.07) is 7.75. The molecule has 0 saturated heterocycles. The minimum absolute atomic E-state index is 0.219. The molecule has 0 radical (unpaired) electrons. The number of benzene rings is 1. The van der Waals surface area contributed by atoms with Gasteiger partial charge < -0.3 is 15.0 Å². The molecule has 12 heteroatoms. The van der Waals surface area contributed by atoms with E-state index in [1.54, 1.807) is 12.5 Å². The molecule has 0 bridgehead atoms. The van der Waals surface area contributed by atoms with Crippen molar-refractivity contribution in [2.45, 2.75) is 31.5 Å². The van der Waals surface area contributed by atoms with Gasteiger partial charge in [0.1, 0.15) is 0 Å². The number of halogens is 3. The molecule has 2 aromatic heterocycles. The molecular formula is C18H17F3N6O3. The van der Waals surface area contributed by atoms with Crippen LogP contribution in [0, 0.1) is 0 Å². The Morgan fingerprint density at radius 1 is 1.20 bits per heavy atom. The minimum Gasteiger partial charge on any atom is -0.475 e. The lowest BCUT2D eigenvalue weighted by atomic mass is 10.2. The number of alkyl halides is 3. The Bertz CT molecular complexity index is 995. The third-order valence-electron chi connectivity index (χ3n) is 4.13. The largest absolute Gasteiger partial charge is 0.490 e. The molecule has 0 atom stereocenters. The Hall–Kier alpha value is -3.70. The van der Waals surface area contributed by atoms with E-state index >= 15 is 0 Å². The maximum Gasteiger partial charge on any atom is 0.490 e. The first-order valence-electron chi connectivity index (χ1n) is 8.81. The van der Waals surface area contributed by atoms with Crippen molar-refractivity contribution in [3.63, 3.8) is 0 Å². The molecule has 1 aromatic carbocycles. The number of hydrogen-bond donors (Lipinski definition) is 3. The molecule has 3 aromatic rings. The molecule has 4 rings (SSSR count). The maximum atomic E-state index is 12.3. The van der Waals surface area contributed by atoms with Gasteiger partial charge in [-0.2, -0.15) is 28.6 Å². The van der Waals surface area contributed by atoms with E-state index in [0.29, 0.717) is 11.6 Å². The quantitative estimate of drug-likeness (QED) is 0.581. The van der Waals surface area contributed by atoms with Crippen molar-refractivity contribution in [1.29, 1.82) is 0 Å². The summed E-state index contributed by atoms with van der Waals surface area (Å²) in [5, 5.41) is 20.6. The van der Waals surface area contributed by atoms with Crippen molar-refractivity contribution in [2.75, 3.05) is 5.32 Å². The predicted octanol–water partition coefficient (Wildman–Crippen LogP) is 2.81. The summed E-state index contributed by atoms with van der Waals surface area (Å²) in [4.78, 5) is 25.2. The number of carbonyl (C=O) groups is 2. The number of carboxylic acids is 1. The summed E-state index contributed by atoms with van der Waals surface area (Å²) in [5.41, 5.74) is 3.06. The van der Waals surface area contributed by atoms with Crippen molar-refractivity contribution in [2.24, 2.45) is 0 Å². The van der Waals surface area contributed by atoms with Crippen molar-refractivity contribution in [1.82, 2.24) is 25.0 Å². The summed E-state index contributed by atoms with van der Waals surface area (Å²) in [5.74, 6) is -2.59. The van der Waals surface area contributed by atoms with Crippen LogP contribution in [-0.2, 0) is 11.3 Å². The molecule has 158 valence electrons. The van der Waals surface area contributed by atoms with E-state index in [4.69, 9.17) is 9.90 Å². The van der Waals surface area contributed by atoms with E-state index in [1.807, 2.05) is 35.0 Å². The molecule has 0 unspecified atom stereocenters. The molecule has 9 nitrogen and oxygen atoms in total. The van der Waals surface area contributed by atoms with Crippen LogP contribution in [-0.4, -0.2) is 48.1 Å². The Morgan fingerprint density at radius 3 is 2.40 bits per heavy atom. The van der Waals surface area contributed by atoms with Gasteiger partial charge in [0.25, 0.3) is 5.91 Å². The topological polar surface area (TPSA) is 126 Å². The van der Waals surface area contributed by atoms with Crippen molar-refractivity contribution < 1.29 is 27.9 Å². The van der Waals surface area contributed by atoms with Crippen LogP contribution < -0.4 is 5.32 Å². The van der Waals surface area contributed by atoms with Gasteiger partial charge in [0.2, 0.25) is 0 Å². The highest BCUT2D eigenvalue weighted by Crippen LogP contribution is 2.40. The number of aliphatic carboxylic acids is 1. The zero-order valence-electron chi connectivity index (χ0n) is 15.4. The van der Waals surface area contributed by atoms with E-state index in [0.717, 1.165) is 36.3 Å². The first-order valence-corrected chi connectivity index (χ1v) is 8.81. The number of nitrogens with zero attached hydrogens (tertiary/aromatic N) is 4. The SMILES string of the molecule is O=C(Nc1ccc(Cn2ccnc2)cc1)c1n[nH]nc1C1CC1.O=C(O)C(F)(F)F. The fourth-order valence-corrected chi connectivity index (χ4v) is 2.52. The average Bonchev–Trinajstić information content (AvgIpc) is 3.19. The van der Waals surface area contributed by atoms with Crippen LogP contribution in [0.5, 0.6) is 0 Å². The number of H-pyrrole nitrogens is 1. The van der Waals surface area contributed by atoms with Crippen molar-refractivity contribution in [3.8, 4) is 0 Å². The van der Waals surface area contributed by atoms with Gasteiger partial charge in [0.05, 0.1) is 12.0 Å². The van der Waals surface area contributed by atoms with E-state index < -0.39 is 12.1 Å². The standard InChI is InChI=1S/C16H16N6O.C2HF3O2/c23-16(15-14(12-3-4-12)19-21-20-15)18-13-5-1-11(2-6-13)9-22-8-7-17-10-22;3-2(4,5)1(6)7/h1-2,5-8,10,12H,3-4,9H2,(H,18,23)(H,19,20,21);(H,6,7). The fraction of sp³-hybridized carbons (Fsp3) is 0.278. The van der Waals surface area contributed by atoms with Crippen LogP contribution in [0.15, 0.2) is 43.0 Å². The van der Waals surface area contributed by atoms with E-state index in [1.165, 1.54) is 0 Å². The van der Waals surface area contributed by atoms with Crippen LogP contribution in [0.2, 0.25) is 0 Å². The van der Waals surface area contributed by atoms with Crippen LogP contribution in [0.3, 0.4) is 0 Å². The molecule has 1 aliphatic rings. The highest BCUT2D eigenvalue weighted by Gasteiger charge is 2.38. The molecule has 0 spiro atoms. The summed E-state index contributed by atoms with van der Waals surface area (Å²) >= 11 is 0. The van der Waals surface area contributed by atoms with E-state index in [-0.39, 0.29) is 5.91 Å². The third kappa shape index (κ3) is 5.65. The molecular weight excluding hydrogens is 405 g/mol. The molecule has 1 aliphatic carbocycles. The normalized spacial score (nSPS) is 13.3. The summed E-state index contributed by atoms with van der Waals surface area (Å²) in [6.45, 7) is 0.753. The molecule has 2 heterocycles. The number of amides is 1. The van der Waals surface area contributed by atoms with Crippen molar-refractivity contribution >= 4 is 17.6 Å². The maximum absolute atomic E-state index is 12.3. The van der Waals surface area contributed by atoms with E-state index in [2.05, 4.69) is 25.7 Å². The molecule has 1 fully saturated rings. The van der Waals surface area contributed by atoms with Crippen LogP contribution in [0.1, 0.15) is 40.5 Å². The molecule has 1 saturated carbocycles. The van der Waals surface area contributed by atoms with Gasteiger partial charge in [-0.3, -0.25) is 4.79 Å². The van der Waals surface area contributed by atoms with Gasteiger partial charge in [-0.1, -0.05) is 12.1 Å². The number of carbonyl (C=O) groups excluding carboxylic acids is 1. The van der Waals surface area contributed by atoms with Gasteiger partial charge in [0, 0.05) is 30.5 Å². The summed E-state index contributed by atoms with van der Waals surface area (Å²) < 4.78 is 33.7. The first-order chi connectivity index (χ1) is 14.2. The second kappa shape index (κ2) is 8.76. The molecule has 1 amide bonds. The number of aromatic amines is 1. The lowest BCUT2D eigenvalue weighted by molar-refractivity contribution is -0.192. The summed E-state index contributed by atoms with van der Waals surface area (Å²) in [7, 11) is 0. The average molecular weight is 422 g/mol. The van der Waals surface area contributed by atoms with Gasteiger partial charge in [-0.25, -0.2) is 9.78 Å². The van der Waals surface area contributed by atoms with Gasteiger partial charge in [0.15, 0.2) is 5.69 Å². The second-order valence-corrected chi connectivity index (χ2v) is 6.52. The monoisotopic (exact) mass is 422 g/mol. The molecule has 30 heavy (non-hydrogen) atoms. The van der Waals surface area contributed by atoms with Crippen LogP contribution in [0.4, 0.5) is 18.9 Å².